The molecule has 2 aliphatic heterocycles. The highest BCUT2D eigenvalue weighted by molar-refractivity contribution is 6.46. The molecule has 0 bridgehead atoms. The lowest BCUT2D eigenvalue weighted by atomic mass is 10.0. The van der Waals surface area contributed by atoms with Gasteiger partial charge in [-0.15, -0.1) is 0 Å². The molecule has 0 aliphatic carbocycles. The second-order valence-electron chi connectivity index (χ2n) is 8.11. The molecule has 0 unspecified atom stereocenters. The van der Waals surface area contributed by atoms with Crippen LogP contribution in [0.15, 0.2) is 66.4 Å². The smallest absolute Gasteiger partial charge is 0.282 e. The number of hydrogen-bond donors (Lipinski definition) is 1. The van der Waals surface area contributed by atoms with Crippen molar-refractivity contribution in [1.29, 1.82) is 0 Å². The van der Waals surface area contributed by atoms with Crippen LogP contribution in [0, 0.1) is 13.8 Å². The molecule has 3 aromatic carbocycles. The number of fused-ring (bicyclic) bond motifs is 1. The van der Waals surface area contributed by atoms with Crippen LogP contribution in [0.2, 0.25) is 0 Å². The minimum absolute atomic E-state index is 0.150. The Labute approximate surface area is 197 Å². The maximum absolute atomic E-state index is 13.6. The maximum Gasteiger partial charge on any atom is 0.282 e. The Bertz CT molecular complexity index is 1330. The van der Waals surface area contributed by atoms with Crippen LogP contribution in [0.5, 0.6) is 17.2 Å². The molecule has 5 rings (SSSR count). The second kappa shape index (κ2) is 8.59. The van der Waals surface area contributed by atoms with Gasteiger partial charge in [0.05, 0.1) is 17.9 Å². The highest BCUT2D eigenvalue weighted by Crippen LogP contribution is 2.38. The Morgan fingerprint density at radius 3 is 2.38 bits per heavy atom. The summed E-state index contributed by atoms with van der Waals surface area (Å²) < 4.78 is 16.4. The number of nitrogens with zero attached hydrogens (tertiary/aromatic N) is 1. The molecule has 3 aromatic rings. The van der Waals surface area contributed by atoms with E-state index in [9.17, 15) is 9.59 Å². The van der Waals surface area contributed by atoms with E-state index in [0.29, 0.717) is 46.4 Å². The van der Waals surface area contributed by atoms with Gasteiger partial charge in [-0.2, -0.15) is 0 Å². The van der Waals surface area contributed by atoms with Crippen molar-refractivity contribution in [3.8, 4) is 17.2 Å². The fourth-order valence-electron chi connectivity index (χ4n) is 4.02. The summed E-state index contributed by atoms with van der Waals surface area (Å²) in [6.45, 7) is 6.54. The Balaban J connectivity index is 1.57. The number of rotatable bonds is 6. The number of anilines is 2. The second-order valence-corrected chi connectivity index (χ2v) is 8.11. The third kappa shape index (κ3) is 3.75. The summed E-state index contributed by atoms with van der Waals surface area (Å²) in [7, 11) is 0. The first kappa shape index (κ1) is 21.6. The van der Waals surface area contributed by atoms with Crippen LogP contribution in [-0.4, -0.2) is 25.2 Å². The summed E-state index contributed by atoms with van der Waals surface area (Å²) in [5.74, 6) is 1.10. The summed E-state index contributed by atoms with van der Waals surface area (Å²) in [5.41, 5.74) is 4.35. The number of carbonyl (C=O) groups is 2. The summed E-state index contributed by atoms with van der Waals surface area (Å²) in [5, 5.41) is 3.17. The third-order valence-electron chi connectivity index (χ3n) is 5.93. The van der Waals surface area contributed by atoms with E-state index in [0.717, 1.165) is 11.1 Å². The number of benzene rings is 3. The van der Waals surface area contributed by atoms with Gasteiger partial charge < -0.3 is 19.5 Å². The predicted molar refractivity (Wildman–Crippen MR) is 129 cm³/mol. The summed E-state index contributed by atoms with van der Waals surface area (Å²) >= 11 is 0. The highest BCUT2D eigenvalue weighted by Gasteiger charge is 2.40. The number of aryl methyl sites for hydroxylation is 2. The molecule has 0 radical (unpaired) electrons. The molecule has 7 heteroatoms. The van der Waals surface area contributed by atoms with Crippen molar-refractivity contribution in [2.75, 3.05) is 23.6 Å². The van der Waals surface area contributed by atoms with Gasteiger partial charge in [0.2, 0.25) is 6.79 Å². The molecule has 1 N–H and O–H groups in total. The maximum atomic E-state index is 13.6. The van der Waals surface area contributed by atoms with Gasteiger partial charge in [-0.1, -0.05) is 18.2 Å². The van der Waals surface area contributed by atoms with E-state index in [4.69, 9.17) is 14.2 Å². The molecule has 0 aromatic heterocycles. The van der Waals surface area contributed by atoms with Gasteiger partial charge in [0.1, 0.15) is 11.4 Å². The van der Waals surface area contributed by atoms with Crippen molar-refractivity contribution in [2.45, 2.75) is 20.8 Å². The largest absolute Gasteiger partial charge is 0.494 e. The van der Waals surface area contributed by atoms with Crippen LogP contribution in [0.25, 0.3) is 5.57 Å². The Morgan fingerprint density at radius 1 is 0.882 bits per heavy atom. The fraction of sp³-hybridized carbons (Fsp3) is 0.185. The molecule has 2 aliphatic rings. The fourth-order valence-corrected chi connectivity index (χ4v) is 4.02. The lowest BCUT2D eigenvalue weighted by Gasteiger charge is -2.17. The molecule has 0 atom stereocenters. The van der Waals surface area contributed by atoms with E-state index < -0.39 is 5.91 Å². The minimum atomic E-state index is -0.421. The Kier molecular flexibility index (Phi) is 5.45. The van der Waals surface area contributed by atoms with Crippen LogP contribution < -0.4 is 24.4 Å². The molecule has 0 saturated carbocycles. The van der Waals surface area contributed by atoms with Gasteiger partial charge in [-0.05, 0) is 73.9 Å². The van der Waals surface area contributed by atoms with Crippen LogP contribution in [0.1, 0.15) is 23.6 Å². The highest BCUT2D eigenvalue weighted by atomic mass is 16.7. The first-order valence-electron chi connectivity index (χ1n) is 11.1. The normalized spacial score (nSPS) is 14.7. The zero-order valence-corrected chi connectivity index (χ0v) is 19.2. The first-order valence-corrected chi connectivity index (χ1v) is 11.1. The molecule has 0 spiro atoms. The first-order chi connectivity index (χ1) is 16.5. The average molecular weight is 456 g/mol. The molecule has 0 fully saturated rings. The molecule has 7 nitrogen and oxygen atoms in total. The van der Waals surface area contributed by atoms with E-state index in [1.54, 1.807) is 48.5 Å². The molecular formula is C27H24N2O5. The zero-order valence-electron chi connectivity index (χ0n) is 19.2. The lowest BCUT2D eigenvalue weighted by Crippen LogP contribution is -2.32. The van der Waals surface area contributed by atoms with Gasteiger partial charge in [-0.3, -0.25) is 9.59 Å². The summed E-state index contributed by atoms with van der Waals surface area (Å²) in [4.78, 5) is 28.5. The number of nitrogens with one attached hydrogen (secondary N) is 1. The summed E-state index contributed by atoms with van der Waals surface area (Å²) in [6.07, 6.45) is 0. The van der Waals surface area contributed by atoms with Crippen LogP contribution in [0.3, 0.4) is 0 Å². The number of ether oxygens (including phenoxy) is 3. The van der Waals surface area contributed by atoms with Gasteiger partial charge in [0.15, 0.2) is 11.5 Å². The number of hydrogen-bond acceptors (Lipinski definition) is 6. The lowest BCUT2D eigenvalue weighted by molar-refractivity contribution is -0.120. The molecule has 2 heterocycles. The van der Waals surface area contributed by atoms with E-state index in [1.165, 1.54) is 4.90 Å². The molecule has 0 saturated heterocycles. The van der Waals surface area contributed by atoms with Gasteiger partial charge >= 0.3 is 0 Å². The Morgan fingerprint density at radius 2 is 1.65 bits per heavy atom. The number of carbonyl (C=O) groups excluding carboxylic acids is 2. The van der Waals surface area contributed by atoms with Crippen molar-refractivity contribution in [1.82, 2.24) is 0 Å². The van der Waals surface area contributed by atoms with Crippen molar-refractivity contribution in [3.05, 3.63) is 83.1 Å². The quantitative estimate of drug-likeness (QED) is 0.536. The van der Waals surface area contributed by atoms with Gasteiger partial charge in [-0.25, -0.2) is 4.90 Å². The SMILES string of the molecule is CCOc1ccc(C2=C(Nc3ccc4c(c3)OCO4)C(=O)N(c3ccc(C)c(C)c3)C2=O)cc1. The van der Waals surface area contributed by atoms with Crippen molar-refractivity contribution in [2.24, 2.45) is 0 Å². The van der Waals surface area contributed by atoms with Gasteiger partial charge in [0.25, 0.3) is 11.8 Å². The van der Waals surface area contributed by atoms with Crippen LogP contribution >= 0.6 is 0 Å². The number of amides is 2. The van der Waals surface area contributed by atoms with E-state index in [-0.39, 0.29) is 18.4 Å². The monoisotopic (exact) mass is 456 g/mol. The summed E-state index contributed by atoms with van der Waals surface area (Å²) in [6, 6.07) is 18.0. The number of imide groups is 1. The molecule has 34 heavy (non-hydrogen) atoms. The van der Waals surface area contributed by atoms with E-state index in [1.807, 2.05) is 32.9 Å². The third-order valence-corrected chi connectivity index (χ3v) is 5.93. The van der Waals surface area contributed by atoms with E-state index in [2.05, 4.69) is 5.32 Å². The van der Waals surface area contributed by atoms with Crippen LogP contribution in [0.4, 0.5) is 11.4 Å². The van der Waals surface area contributed by atoms with Crippen LogP contribution in [-0.2, 0) is 9.59 Å². The topological polar surface area (TPSA) is 77.1 Å². The van der Waals surface area contributed by atoms with Crippen molar-refractivity contribution >= 4 is 28.8 Å². The van der Waals surface area contributed by atoms with Gasteiger partial charge in [0, 0.05) is 11.8 Å². The Hall–Kier alpha value is -4.26. The minimum Gasteiger partial charge on any atom is -0.494 e. The molecule has 2 amide bonds. The van der Waals surface area contributed by atoms with E-state index >= 15 is 0 Å². The average Bonchev–Trinajstić information content (AvgIpc) is 3.39. The van der Waals surface area contributed by atoms with Crippen molar-refractivity contribution < 1.29 is 23.8 Å². The predicted octanol–water partition coefficient (Wildman–Crippen LogP) is 4.83. The standard InChI is InChI=1S/C27H24N2O5/c1-4-32-21-10-6-18(7-11-21)24-25(28-19-8-12-22-23(14-19)34-15-33-22)27(31)29(26(24)30)20-9-5-16(2)17(3)13-20/h5-14,28H,4,15H2,1-3H3. The zero-order chi connectivity index (χ0) is 23.8. The molecular weight excluding hydrogens is 432 g/mol. The molecule has 172 valence electrons. The van der Waals surface area contributed by atoms with Crippen molar-refractivity contribution in [3.63, 3.8) is 0 Å².